The minimum absolute atomic E-state index is 0.323. The van der Waals surface area contributed by atoms with Crippen LogP contribution in [0.3, 0.4) is 0 Å². The van der Waals surface area contributed by atoms with Crippen LogP contribution in [0.5, 0.6) is 11.5 Å². The van der Waals surface area contributed by atoms with Gasteiger partial charge in [-0.05, 0) is 19.1 Å². The Morgan fingerprint density at radius 1 is 1.27 bits per heavy atom. The molecule has 5 heteroatoms. The van der Waals surface area contributed by atoms with E-state index in [0.717, 1.165) is 5.56 Å². The van der Waals surface area contributed by atoms with Gasteiger partial charge in [0.05, 0.1) is 19.5 Å². The lowest BCUT2D eigenvalue weighted by molar-refractivity contribution is 0.390. The molecular weight excluding hydrogens is 215 g/mol. The van der Waals surface area contributed by atoms with Gasteiger partial charge in [0.15, 0.2) is 0 Å². The largest absolute Gasteiger partial charge is 0.496 e. The first-order chi connectivity index (χ1) is 6.91. The van der Waals surface area contributed by atoms with Crippen LogP contribution in [0, 0.1) is 6.92 Å². The predicted octanol–water partition coefficient (Wildman–Crippen LogP) is 1.54. The van der Waals surface area contributed by atoms with Gasteiger partial charge in [-0.2, -0.15) is 0 Å². The van der Waals surface area contributed by atoms with Crippen molar-refractivity contribution in [1.82, 2.24) is 0 Å². The van der Waals surface area contributed by atoms with Gasteiger partial charge in [-0.1, -0.05) is 0 Å². The minimum Gasteiger partial charge on any atom is -0.496 e. The van der Waals surface area contributed by atoms with E-state index in [0.29, 0.717) is 16.8 Å². The molecule has 0 aliphatic carbocycles. The molecule has 0 fully saturated rings. The van der Waals surface area contributed by atoms with Gasteiger partial charge in [-0.25, -0.2) is 0 Å². The monoisotopic (exact) mass is 230 g/mol. The maximum Gasteiger partial charge on any atom is 0.230 e. The molecule has 1 aromatic rings. The summed E-state index contributed by atoms with van der Waals surface area (Å²) in [6.07, 6.45) is 0. The molecule has 0 heterocycles. The molecule has 0 spiro atoms. The number of ether oxygens (including phenoxy) is 2. The fourth-order valence-corrected chi connectivity index (χ4v) is 2.45. The molecular formula is C10H15O4P. The molecule has 1 atom stereocenters. The van der Waals surface area contributed by atoms with Crippen molar-refractivity contribution in [2.75, 3.05) is 20.9 Å². The minimum atomic E-state index is -3.31. The van der Waals surface area contributed by atoms with Gasteiger partial charge in [-0.15, -0.1) is 0 Å². The zero-order chi connectivity index (χ0) is 11.6. The summed E-state index contributed by atoms with van der Waals surface area (Å²) in [7, 11) is -0.289. The molecule has 0 saturated carbocycles. The smallest absolute Gasteiger partial charge is 0.230 e. The van der Waals surface area contributed by atoms with E-state index in [-0.39, 0.29) is 0 Å². The van der Waals surface area contributed by atoms with Gasteiger partial charge in [0.25, 0.3) is 0 Å². The summed E-state index contributed by atoms with van der Waals surface area (Å²) < 4.78 is 21.8. The first-order valence-electron chi connectivity index (χ1n) is 4.44. The van der Waals surface area contributed by atoms with Crippen molar-refractivity contribution in [2.24, 2.45) is 0 Å². The Morgan fingerprint density at radius 2 is 1.87 bits per heavy atom. The van der Waals surface area contributed by atoms with Crippen molar-refractivity contribution >= 4 is 12.7 Å². The zero-order valence-electron chi connectivity index (χ0n) is 9.27. The molecule has 84 valence electrons. The third-order valence-electron chi connectivity index (χ3n) is 2.21. The molecule has 0 aromatic heterocycles. The highest BCUT2D eigenvalue weighted by Gasteiger charge is 2.22. The molecule has 0 radical (unpaired) electrons. The van der Waals surface area contributed by atoms with Crippen LogP contribution in [0.4, 0.5) is 0 Å². The number of hydrogen-bond acceptors (Lipinski definition) is 3. The summed E-state index contributed by atoms with van der Waals surface area (Å²) >= 11 is 0. The van der Waals surface area contributed by atoms with E-state index in [1.54, 1.807) is 26.2 Å². The Morgan fingerprint density at radius 3 is 2.27 bits per heavy atom. The fraction of sp³-hybridized carbons (Fsp3) is 0.400. The average Bonchev–Trinajstić information content (AvgIpc) is 2.15. The van der Waals surface area contributed by atoms with Gasteiger partial charge in [0.1, 0.15) is 11.5 Å². The number of methoxy groups -OCH3 is 2. The molecule has 1 unspecified atom stereocenters. The van der Waals surface area contributed by atoms with Gasteiger partial charge < -0.3 is 14.4 Å². The second kappa shape index (κ2) is 4.25. The zero-order valence-corrected chi connectivity index (χ0v) is 10.2. The molecule has 0 bridgehead atoms. The van der Waals surface area contributed by atoms with Crippen molar-refractivity contribution in [2.45, 2.75) is 6.92 Å². The standard InChI is InChI=1S/C10H15O4P/c1-7-8(13-2)5-6-9(10(7)14-3)15(4,11)12/h5-6H,1-4H3,(H,11,12). The number of hydrogen-bond donors (Lipinski definition) is 1. The van der Waals surface area contributed by atoms with E-state index in [9.17, 15) is 9.46 Å². The summed E-state index contributed by atoms with van der Waals surface area (Å²) in [4.78, 5) is 9.52. The van der Waals surface area contributed by atoms with Crippen LogP contribution in [-0.4, -0.2) is 25.8 Å². The van der Waals surface area contributed by atoms with Gasteiger partial charge in [-0.3, -0.25) is 4.57 Å². The lowest BCUT2D eigenvalue weighted by Crippen LogP contribution is -2.10. The normalized spacial score (nSPS) is 14.5. The van der Waals surface area contributed by atoms with E-state index in [4.69, 9.17) is 9.47 Å². The summed E-state index contributed by atoms with van der Waals surface area (Å²) in [5.74, 6) is 1.06. The lowest BCUT2D eigenvalue weighted by atomic mass is 10.2. The Bertz CT molecular complexity index is 408. The van der Waals surface area contributed by atoms with Crippen molar-refractivity contribution < 1.29 is 18.9 Å². The molecule has 0 saturated heterocycles. The van der Waals surface area contributed by atoms with Gasteiger partial charge in [0, 0.05) is 12.2 Å². The Kier molecular flexibility index (Phi) is 3.42. The molecule has 4 nitrogen and oxygen atoms in total. The van der Waals surface area contributed by atoms with Crippen LogP contribution >= 0.6 is 7.37 Å². The summed E-state index contributed by atoms with van der Waals surface area (Å²) in [6, 6.07) is 3.23. The van der Waals surface area contributed by atoms with Crippen LogP contribution in [-0.2, 0) is 4.57 Å². The van der Waals surface area contributed by atoms with Crippen molar-refractivity contribution in [1.29, 1.82) is 0 Å². The highest BCUT2D eigenvalue weighted by atomic mass is 31.2. The Labute approximate surface area is 89.3 Å². The first kappa shape index (κ1) is 12.1. The summed E-state index contributed by atoms with van der Waals surface area (Å²) in [5.41, 5.74) is 0.730. The SMILES string of the molecule is COc1ccc(P(C)(=O)O)c(OC)c1C. The maximum absolute atomic E-state index is 11.6. The predicted molar refractivity (Wildman–Crippen MR) is 59.7 cm³/mol. The first-order valence-corrected chi connectivity index (χ1v) is 6.55. The molecule has 1 N–H and O–H groups in total. The van der Waals surface area contributed by atoms with Crippen LogP contribution in [0.15, 0.2) is 12.1 Å². The molecule has 0 amide bonds. The quantitative estimate of drug-likeness (QED) is 0.800. The maximum atomic E-state index is 11.6. The van der Waals surface area contributed by atoms with Crippen molar-refractivity contribution in [3.8, 4) is 11.5 Å². The van der Waals surface area contributed by atoms with Gasteiger partial charge in [0.2, 0.25) is 7.37 Å². The van der Waals surface area contributed by atoms with Crippen LogP contribution in [0.2, 0.25) is 0 Å². The molecule has 15 heavy (non-hydrogen) atoms. The molecule has 0 aliphatic rings. The average molecular weight is 230 g/mol. The third-order valence-corrected chi connectivity index (χ3v) is 3.45. The van der Waals surface area contributed by atoms with Gasteiger partial charge >= 0.3 is 0 Å². The molecule has 1 aromatic carbocycles. The topological polar surface area (TPSA) is 55.8 Å². The molecule has 0 aliphatic heterocycles. The van der Waals surface area contributed by atoms with Crippen LogP contribution in [0.1, 0.15) is 5.56 Å². The second-order valence-corrected chi connectivity index (χ2v) is 5.56. The summed E-state index contributed by atoms with van der Waals surface area (Å²) in [6.45, 7) is 3.08. The van der Waals surface area contributed by atoms with Crippen LogP contribution in [0.25, 0.3) is 0 Å². The van der Waals surface area contributed by atoms with Crippen molar-refractivity contribution in [3.05, 3.63) is 17.7 Å². The van der Waals surface area contributed by atoms with E-state index in [1.165, 1.54) is 13.8 Å². The third kappa shape index (κ3) is 2.33. The number of benzene rings is 1. The van der Waals surface area contributed by atoms with E-state index < -0.39 is 7.37 Å². The highest BCUT2D eigenvalue weighted by molar-refractivity contribution is 7.65. The number of rotatable bonds is 3. The molecule has 1 rings (SSSR count). The van der Waals surface area contributed by atoms with E-state index in [2.05, 4.69) is 0 Å². The summed E-state index contributed by atoms with van der Waals surface area (Å²) in [5, 5.41) is 0.323. The van der Waals surface area contributed by atoms with E-state index in [1.807, 2.05) is 0 Å². The highest BCUT2D eigenvalue weighted by Crippen LogP contribution is 2.41. The Balaban J connectivity index is 3.44. The van der Waals surface area contributed by atoms with E-state index >= 15 is 0 Å². The Hall–Kier alpha value is -0.990. The van der Waals surface area contributed by atoms with Crippen LogP contribution < -0.4 is 14.8 Å². The second-order valence-electron chi connectivity index (χ2n) is 3.32. The fourth-order valence-electron chi connectivity index (χ4n) is 1.46. The van der Waals surface area contributed by atoms with Crippen molar-refractivity contribution in [3.63, 3.8) is 0 Å². The lowest BCUT2D eigenvalue weighted by Gasteiger charge is -2.15.